The van der Waals surface area contributed by atoms with Crippen LogP contribution < -0.4 is 5.43 Å². The van der Waals surface area contributed by atoms with Crippen LogP contribution in [0.15, 0.2) is 42.7 Å². The summed E-state index contributed by atoms with van der Waals surface area (Å²) in [5.41, 5.74) is 3.97. The van der Waals surface area contributed by atoms with Crippen molar-refractivity contribution < 1.29 is 13.6 Å². The van der Waals surface area contributed by atoms with Crippen LogP contribution in [0.3, 0.4) is 0 Å². The van der Waals surface area contributed by atoms with E-state index < -0.39 is 5.91 Å². The molecule has 0 aliphatic carbocycles. The van der Waals surface area contributed by atoms with Crippen molar-refractivity contribution in [2.75, 3.05) is 0 Å². The molecule has 3 rings (SSSR count). The van der Waals surface area contributed by atoms with E-state index in [0.717, 1.165) is 30.5 Å². The average Bonchev–Trinajstić information content (AvgIpc) is 3.02. The topological polar surface area (TPSA) is 67.7 Å². The number of benzene rings is 1. The number of hydrogen-bond acceptors (Lipinski definition) is 4. The van der Waals surface area contributed by atoms with E-state index in [1.54, 1.807) is 12.3 Å². The zero-order valence-electron chi connectivity index (χ0n) is 12.3. The number of hydrogen-bond donors (Lipinski definition) is 1. The molecular formula is C16H12BrIN2O3. The Morgan fingerprint density at radius 2 is 2.04 bits per heavy atom. The van der Waals surface area contributed by atoms with Crippen molar-refractivity contribution in [3.63, 3.8) is 0 Å². The number of rotatable bonds is 3. The highest BCUT2D eigenvalue weighted by molar-refractivity contribution is 14.1. The molecule has 7 heteroatoms. The number of furan rings is 2. The predicted octanol–water partition coefficient (Wildman–Crippen LogP) is 4.77. The molecule has 0 fully saturated rings. The van der Waals surface area contributed by atoms with Crippen LogP contribution in [0.4, 0.5) is 0 Å². The molecule has 1 amide bonds. The molecule has 0 atom stereocenters. The van der Waals surface area contributed by atoms with Crippen LogP contribution in [0.5, 0.6) is 0 Å². The van der Waals surface area contributed by atoms with E-state index in [1.807, 2.05) is 32.0 Å². The number of fused-ring (bicyclic) bond motifs is 1. The van der Waals surface area contributed by atoms with Gasteiger partial charge in [-0.2, -0.15) is 5.10 Å². The fourth-order valence-corrected chi connectivity index (χ4v) is 3.84. The van der Waals surface area contributed by atoms with Gasteiger partial charge in [0, 0.05) is 15.4 Å². The number of carbonyl (C=O) groups is 1. The minimum atomic E-state index is -0.401. The van der Waals surface area contributed by atoms with Gasteiger partial charge in [0.2, 0.25) is 0 Å². The maximum atomic E-state index is 12.1. The summed E-state index contributed by atoms with van der Waals surface area (Å²) in [6.07, 6.45) is 1.55. The first-order valence-electron chi connectivity index (χ1n) is 6.73. The van der Waals surface area contributed by atoms with Gasteiger partial charge in [0.25, 0.3) is 0 Å². The first kappa shape index (κ1) is 16.3. The van der Waals surface area contributed by atoms with Gasteiger partial charge >= 0.3 is 5.91 Å². The Bertz CT molecular complexity index is 927. The van der Waals surface area contributed by atoms with Crippen molar-refractivity contribution in [1.29, 1.82) is 0 Å². The van der Waals surface area contributed by atoms with E-state index in [2.05, 4.69) is 49.0 Å². The number of aryl methyl sites for hydroxylation is 2. The molecule has 0 aliphatic rings. The molecule has 1 aromatic carbocycles. The van der Waals surface area contributed by atoms with E-state index >= 15 is 0 Å². The van der Waals surface area contributed by atoms with Crippen molar-refractivity contribution in [3.8, 4) is 0 Å². The van der Waals surface area contributed by atoms with E-state index in [-0.39, 0.29) is 5.76 Å². The van der Waals surface area contributed by atoms with Crippen LogP contribution in [0.2, 0.25) is 0 Å². The quantitative estimate of drug-likeness (QED) is 0.329. The minimum Gasteiger partial charge on any atom is -0.466 e. The highest BCUT2D eigenvalue weighted by atomic mass is 127. The molecule has 3 aromatic rings. The second-order valence-electron chi connectivity index (χ2n) is 4.98. The van der Waals surface area contributed by atoms with Crippen molar-refractivity contribution >= 4 is 61.6 Å². The van der Waals surface area contributed by atoms with E-state index in [9.17, 15) is 4.79 Å². The maximum Gasteiger partial charge on any atom is 0.307 e. The van der Waals surface area contributed by atoms with Gasteiger partial charge in [-0.05, 0) is 60.7 Å². The molecule has 0 spiro atoms. The van der Waals surface area contributed by atoms with Crippen molar-refractivity contribution in [2.24, 2.45) is 5.10 Å². The average molecular weight is 487 g/mol. The van der Waals surface area contributed by atoms with E-state index in [4.69, 9.17) is 8.83 Å². The summed E-state index contributed by atoms with van der Waals surface area (Å²) in [5, 5.41) is 4.81. The number of hydrazone groups is 1. The highest BCUT2D eigenvalue weighted by Gasteiger charge is 2.14. The Hall–Kier alpha value is -1.61. The normalized spacial score (nSPS) is 11.5. The smallest absolute Gasteiger partial charge is 0.307 e. The second-order valence-corrected chi connectivity index (χ2v) is 7.06. The molecular weight excluding hydrogens is 475 g/mol. The third-order valence-electron chi connectivity index (χ3n) is 3.21. The molecule has 0 saturated carbocycles. The van der Waals surface area contributed by atoms with Gasteiger partial charge in [-0.25, -0.2) is 5.43 Å². The predicted molar refractivity (Wildman–Crippen MR) is 99.9 cm³/mol. The lowest BCUT2D eigenvalue weighted by Crippen LogP contribution is -2.16. The minimum absolute atomic E-state index is 0.216. The van der Waals surface area contributed by atoms with E-state index in [0.29, 0.717) is 5.58 Å². The zero-order valence-corrected chi connectivity index (χ0v) is 16.1. The van der Waals surface area contributed by atoms with Gasteiger partial charge in [-0.1, -0.05) is 15.9 Å². The van der Waals surface area contributed by atoms with Gasteiger partial charge in [0.05, 0.1) is 9.78 Å². The van der Waals surface area contributed by atoms with Crippen molar-refractivity contribution in [1.82, 2.24) is 5.43 Å². The van der Waals surface area contributed by atoms with Crippen LogP contribution in [0.25, 0.3) is 11.0 Å². The summed E-state index contributed by atoms with van der Waals surface area (Å²) in [6.45, 7) is 3.70. The van der Waals surface area contributed by atoms with Crippen molar-refractivity contribution in [3.05, 3.63) is 55.2 Å². The summed E-state index contributed by atoms with van der Waals surface area (Å²) in [4.78, 5) is 12.1. The van der Waals surface area contributed by atoms with Gasteiger partial charge < -0.3 is 8.83 Å². The Morgan fingerprint density at radius 1 is 1.26 bits per heavy atom. The molecule has 0 bridgehead atoms. The molecule has 2 aromatic heterocycles. The second kappa shape index (κ2) is 6.48. The van der Waals surface area contributed by atoms with Gasteiger partial charge in [-0.3, -0.25) is 4.79 Å². The standard InChI is InChI=1S/C16H12BrIN2O3/c1-8-3-11(9(2)22-8)7-19-20-16(21)14-5-10-4-12(17)6-13(18)15(10)23-14/h3-7H,1-2H3,(H,20,21)/b19-7+. The van der Waals surface area contributed by atoms with Crippen LogP contribution in [0.1, 0.15) is 27.6 Å². The highest BCUT2D eigenvalue weighted by Crippen LogP contribution is 2.28. The lowest BCUT2D eigenvalue weighted by atomic mass is 10.2. The monoisotopic (exact) mass is 486 g/mol. The molecule has 0 aliphatic heterocycles. The Balaban J connectivity index is 1.78. The number of halogens is 2. The first-order chi connectivity index (χ1) is 10.9. The summed E-state index contributed by atoms with van der Waals surface area (Å²) >= 11 is 5.59. The summed E-state index contributed by atoms with van der Waals surface area (Å²) in [6, 6.07) is 7.38. The molecule has 0 radical (unpaired) electrons. The lowest BCUT2D eigenvalue weighted by Gasteiger charge is -1.95. The molecule has 0 unspecified atom stereocenters. The van der Waals surface area contributed by atoms with Gasteiger partial charge in [-0.15, -0.1) is 0 Å². The first-order valence-corrected chi connectivity index (χ1v) is 8.60. The molecule has 118 valence electrons. The fraction of sp³-hybridized carbons (Fsp3) is 0.125. The fourth-order valence-electron chi connectivity index (χ4n) is 2.18. The SMILES string of the molecule is Cc1cc(/C=N/NC(=O)c2cc3cc(Br)cc(I)c3o2)c(C)o1. The molecule has 23 heavy (non-hydrogen) atoms. The van der Waals surface area contributed by atoms with Gasteiger partial charge in [0.1, 0.15) is 17.1 Å². The summed E-state index contributed by atoms with van der Waals surface area (Å²) in [7, 11) is 0. The van der Waals surface area contributed by atoms with Gasteiger partial charge in [0.15, 0.2) is 5.76 Å². The number of nitrogens with one attached hydrogen (secondary N) is 1. The molecule has 2 heterocycles. The Morgan fingerprint density at radius 3 is 2.74 bits per heavy atom. The summed E-state index contributed by atoms with van der Waals surface area (Å²) in [5.74, 6) is 1.37. The van der Waals surface area contributed by atoms with Crippen LogP contribution >= 0.6 is 38.5 Å². The van der Waals surface area contributed by atoms with Crippen LogP contribution in [0, 0.1) is 17.4 Å². The third kappa shape index (κ3) is 3.50. The number of nitrogens with zero attached hydrogens (tertiary/aromatic N) is 1. The lowest BCUT2D eigenvalue weighted by molar-refractivity contribution is 0.0929. The molecule has 0 saturated heterocycles. The molecule has 5 nitrogen and oxygen atoms in total. The van der Waals surface area contributed by atoms with Crippen molar-refractivity contribution in [2.45, 2.75) is 13.8 Å². The van der Waals surface area contributed by atoms with Crippen LogP contribution in [-0.2, 0) is 0 Å². The largest absolute Gasteiger partial charge is 0.466 e. The van der Waals surface area contributed by atoms with E-state index in [1.165, 1.54) is 0 Å². The Labute approximate surface area is 154 Å². The summed E-state index contributed by atoms with van der Waals surface area (Å²) < 4.78 is 12.9. The molecule has 1 N–H and O–H groups in total. The Kier molecular flexibility index (Phi) is 4.58. The third-order valence-corrected chi connectivity index (χ3v) is 4.47. The number of amides is 1. The number of carbonyl (C=O) groups excluding carboxylic acids is 1. The van der Waals surface area contributed by atoms with Crippen LogP contribution in [-0.4, -0.2) is 12.1 Å². The zero-order chi connectivity index (χ0) is 16.6. The maximum absolute atomic E-state index is 12.1.